The molecule has 0 aliphatic heterocycles. The summed E-state index contributed by atoms with van der Waals surface area (Å²) in [5, 5.41) is 0. The minimum absolute atomic E-state index is 0.0470. The maximum absolute atomic E-state index is 15.1. The lowest BCUT2D eigenvalue weighted by Crippen LogP contribution is -2.37. The van der Waals surface area contributed by atoms with Gasteiger partial charge >= 0.3 is 24.2 Å². The number of esters is 2. The number of hydrogen-bond donors (Lipinski definition) is 2. The SMILES string of the molecule is CCCCCCC1CCC(C(F)(F)Oc2ccc(/C=C/C(=O)OCC(COC(=O)/C=C/c3ccc(OC(F)(F)C4CCC(CCCCCC)CC4)cc3)c3ccc(N)cc3N)cc2)CC1. The first-order valence-electron chi connectivity index (χ1n) is 23.9. The van der Waals surface area contributed by atoms with Gasteiger partial charge in [-0.3, -0.25) is 0 Å². The number of benzene rings is 3. The fourth-order valence-electron chi connectivity index (χ4n) is 9.05. The standard InChI is InChI=1S/C53H70F4N2O6/c1-3-5-7-9-11-38-13-23-43(24-14-38)52(54,55)64-46-28-17-40(18-29-46)21-33-50(60)62-36-42(48-32-27-45(58)35-49(48)59)37-63-51(61)34-22-41-19-30-47(31-20-41)65-53(56,57)44-25-15-39(16-26-44)12-10-8-6-4-2/h17-22,27-35,38-39,42-44H,3-16,23-26,36-37,58-59H2,1-2H3/b33-21+,34-22+. The topological polar surface area (TPSA) is 123 Å². The molecule has 8 nitrogen and oxygen atoms in total. The van der Waals surface area contributed by atoms with Crippen LogP contribution in [0.2, 0.25) is 0 Å². The highest BCUT2D eigenvalue weighted by Crippen LogP contribution is 2.43. The monoisotopic (exact) mass is 907 g/mol. The Morgan fingerprint density at radius 1 is 0.600 bits per heavy atom. The molecule has 12 heteroatoms. The molecule has 0 spiro atoms. The molecule has 5 rings (SSSR count). The first kappa shape index (κ1) is 51.0. The largest absolute Gasteiger partial charge is 0.462 e. The molecule has 3 aromatic carbocycles. The molecule has 0 atom stereocenters. The minimum atomic E-state index is -3.28. The van der Waals surface area contributed by atoms with Gasteiger partial charge in [-0.2, -0.15) is 17.6 Å². The van der Waals surface area contributed by atoms with Gasteiger partial charge in [0.2, 0.25) is 0 Å². The van der Waals surface area contributed by atoms with Crippen LogP contribution in [0.3, 0.4) is 0 Å². The van der Waals surface area contributed by atoms with Gasteiger partial charge in [-0.15, -0.1) is 0 Å². The predicted molar refractivity (Wildman–Crippen MR) is 250 cm³/mol. The fourth-order valence-corrected chi connectivity index (χ4v) is 9.05. The number of unbranched alkanes of at least 4 members (excludes halogenated alkanes) is 6. The van der Waals surface area contributed by atoms with Gasteiger partial charge in [-0.1, -0.05) is 108 Å². The van der Waals surface area contributed by atoms with E-state index in [0.717, 1.165) is 51.4 Å². The molecule has 4 N–H and O–H groups in total. The highest BCUT2D eigenvalue weighted by atomic mass is 19.3. The van der Waals surface area contributed by atoms with Crippen LogP contribution in [-0.4, -0.2) is 37.4 Å². The van der Waals surface area contributed by atoms with Gasteiger partial charge < -0.3 is 30.4 Å². The van der Waals surface area contributed by atoms with Gasteiger partial charge in [0.25, 0.3) is 0 Å². The van der Waals surface area contributed by atoms with Crippen LogP contribution in [0.15, 0.2) is 78.9 Å². The number of halogens is 4. The van der Waals surface area contributed by atoms with Crippen molar-refractivity contribution in [1.82, 2.24) is 0 Å². The van der Waals surface area contributed by atoms with Crippen LogP contribution >= 0.6 is 0 Å². The molecule has 0 saturated heterocycles. The number of alkyl halides is 4. The average molecular weight is 907 g/mol. The minimum Gasteiger partial charge on any atom is -0.462 e. The van der Waals surface area contributed by atoms with Crippen LogP contribution in [-0.2, 0) is 19.1 Å². The quantitative estimate of drug-likeness (QED) is 0.0283. The molecule has 2 aliphatic carbocycles. The molecule has 2 saturated carbocycles. The Morgan fingerprint density at radius 3 is 1.40 bits per heavy atom. The van der Waals surface area contributed by atoms with Crippen molar-refractivity contribution >= 4 is 35.5 Å². The number of hydrogen-bond acceptors (Lipinski definition) is 8. The summed E-state index contributed by atoms with van der Waals surface area (Å²) in [7, 11) is 0. The summed E-state index contributed by atoms with van der Waals surface area (Å²) in [6.45, 7) is 3.97. The highest BCUT2D eigenvalue weighted by Gasteiger charge is 2.45. The zero-order chi connectivity index (χ0) is 46.7. The van der Waals surface area contributed by atoms with Crippen LogP contribution in [0.5, 0.6) is 11.5 Å². The van der Waals surface area contributed by atoms with Crippen molar-refractivity contribution < 1.29 is 46.1 Å². The molecule has 65 heavy (non-hydrogen) atoms. The zero-order valence-corrected chi connectivity index (χ0v) is 38.3. The number of rotatable bonds is 25. The van der Waals surface area contributed by atoms with Gasteiger partial charge in [0.15, 0.2) is 0 Å². The molecule has 0 aromatic heterocycles. The van der Waals surface area contributed by atoms with Crippen LogP contribution in [0.1, 0.15) is 152 Å². The lowest BCUT2D eigenvalue weighted by Gasteiger charge is -2.33. The molecule has 0 unspecified atom stereocenters. The van der Waals surface area contributed by atoms with Crippen LogP contribution in [0, 0.1) is 23.7 Å². The van der Waals surface area contributed by atoms with Gasteiger partial charge in [-0.25, -0.2) is 9.59 Å². The molecule has 2 aliphatic rings. The molecule has 0 radical (unpaired) electrons. The summed E-state index contributed by atoms with van der Waals surface area (Å²) in [6.07, 6.45) is 15.6. The van der Waals surface area contributed by atoms with Crippen molar-refractivity contribution in [3.8, 4) is 11.5 Å². The number of carbonyl (C=O) groups excluding carboxylic acids is 2. The molecule has 3 aromatic rings. The third kappa shape index (κ3) is 17.1. The zero-order valence-electron chi connectivity index (χ0n) is 38.3. The third-order valence-corrected chi connectivity index (χ3v) is 13.1. The summed E-state index contributed by atoms with van der Waals surface area (Å²) < 4.78 is 81.9. The van der Waals surface area contributed by atoms with Gasteiger partial charge in [0, 0.05) is 23.5 Å². The molecule has 0 bridgehead atoms. The van der Waals surface area contributed by atoms with Gasteiger partial charge in [0.05, 0.1) is 17.8 Å². The Balaban J connectivity index is 1.07. The highest BCUT2D eigenvalue weighted by molar-refractivity contribution is 5.87. The number of nitrogens with two attached hydrogens (primary N) is 2. The van der Waals surface area contributed by atoms with Gasteiger partial charge in [-0.05, 0) is 128 Å². The van der Waals surface area contributed by atoms with Gasteiger partial charge in [0.1, 0.15) is 24.7 Å². The summed E-state index contributed by atoms with van der Waals surface area (Å²) in [5.41, 5.74) is 14.6. The average Bonchev–Trinajstić information content (AvgIpc) is 3.29. The van der Waals surface area contributed by atoms with E-state index in [2.05, 4.69) is 13.8 Å². The van der Waals surface area contributed by atoms with E-state index in [-0.39, 0.29) is 24.7 Å². The fraction of sp³-hybridized carbons (Fsp3) is 0.547. The van der Waals surface area contributed by atoms with E-state index in [9.17, 15) is 9.59 Å². The molecule has 0 amide bonds. The van der Waals surface area contributed by atoms with E-state index >= 15 is 17.6 Å². The smallest absolute Gasteiger partial charge is 0.400 e. The van der Waals surface area contributed by atoms with E-state index in [0.29, 0.717) is 65.6 Å². The van der Waals surface area contributed by atoms with Crippen LogP contribution in [0.25, 0.3) is 12.2 Å². The summed E-state index contributed by atoms with van der Waals surface area (Å²) >= 11 is 0. The van der Waals surface area contributed by atoms with E-state index < -0.39 is 41.9 Å². The van der Waals surface area contributed by atoms with Crippen LogP contribution < -0.4 is 20.9 Å². The van der Waals surface area contributed by atoms with Crippen molar-refractivity contribution in [2.24, 2.45) is 23.7 Å². The summed E-state index contributed by atoms with van der Waals surface area (Å²) in [5.74, 6) is -2.55. The Kier molecular flexibility index (Phi) is 20.1. The van der Waals surface area contributed by atoms with Crippen molar-refractivity contribution in [3.63, 3.8) is 0 Å². The molecular formula is C53H70F4N2O6. The second kappa shape index (κ2) is 25.6. The van der Waals surface area contributed by atoms with E-state index in [1.165, 1.54) is 87.1 Å². The second-order valence-corrected chi connectivity index (χ2v) is 18.1. The molecule has 0 heterocycles. The van der Waals surface area contributed by atoms with Crippen LogP contribution in [0.4, 0.5) is 28.9 Å². The summed E-state index contributed by atoms with van der Waals surface area (Å²) in [6, 6.07) is 17.0. The number of nitrogen functional groups attached to an aromatic ring is 2. The first-order chi connectivity index (χ1) is 31.2. The third-order valence-electron chi connectivity index (χ3n) is 13.1. The Bertz CT molecular complexity index is 1840. The summed E-state index contributed by atoms with van der Waals surface area (Å²) in [4.78, 5) is 25.6. The molecule has 356 valence electrons. The number of anilines is 2. The van der Waals surface area contributed by atoms with Crippen molar-refractivity contribution in [2.45, 2.75) is 148 Å². The number of ether oxygens (including phenoxy) is 4. The molecule has 2 fully saturated rings. The van der Waals surface area contributed by atoms with Crippen molar-refractivity contribution in [2.75, 3.05) is 24.7 Å². The van der Waals surface area contributed by atoms with E-state index in [1.807, 2.05) is 0 Å². The maximum atomic E-state index is 15.1. The Morgan fingerprint density at radius 2 is 1.02 bits per heavy atom. The second-order valence-electron chi connectivity index (χ2n) is 18.1. The van der Waals surface area contributed by atoms with Crippen molar-refractivity contribution in [1.29, 1.82) is 0 Å². The lowest BCUT2D eigenvalue weighted by atomic mass is 9.79. The number of carbonyl (C=O) groups is 2. The lowest BCUT2D eigenvalue weighted by molar-refractivity contribution is -0.224. The Labute approximate surface area is 383 Å². The van der Waals surface area contributed by atoms with E-state index in [4.69, 9.17) is 30.4 Å². The normalized spacial score (nSPS) is 19.8. The Hall–Kier alpha value is -5.00. The first-order valence-corrected chi connectivity index (χ1v) is 23.9. The van der Waals surface area contributed by atoms with E-state index in [1.54, 1.807) is 42.5 Å². The van der Waals surface area contributed by atoms with Crippen molar-refractivity contribution in [3.05, 3.63) is 95.6 Å². The predicted octanol–water partition coefficient (Wildman–Crippen LogP) is 13.9. The molecular weight excluding hydrogens is 837 g/mol. The maximum Gasteiger partial charge on any atom is 0.400 e.